The molecule has 11 heteroatoms. The highest BCUT2D eigenvalue weighted by molar-refractivity contribution is 7.92. The zero-order valence-electron chi connectivity index (χ0n) is 26.9. The van der Waals surface area contributed by atoms with Crippen molar-refractivity contribution in [3.05, 3.63) is 119 Å². The lowest BCUT2D eigenvalue weighted by atomic mass is 10.0. The van der Waals surface area contributed by atoms with Gasteiger partial charge in [0.2, 0.25) is 11.8 Å². The van der Waals surface area contributed by atoms with Crippen LogP contribution in [0.3, 0.4) is 0 Å². The number of amides is 2. The third-order valence-electron chi connectivity index (χ3n) is 7.78. The number of anilines is 1. The van der Waals surface area contributed by atoms with Gasteiger partial charge in [-0.3, -0.25) is 13.9 Å². The molecule has 0 aliphatic heterocycles. The molecule has 47 heavy (non-hydrogen) atoms. The fraction of sp³-hybridized carbons (Fsp3) is 0.278. The molecule has 0 aliphatic carbocycles. The van der Waals surface area contributed by atoms with E-state index in [-0.39, 0.29) is 46.3 Å². The van der Waals surface area contributed by atoms with Crippen molar-refractivity contribution in [2.75, 3.05) is 25.1 Å². The van der Waals surface area contributed by atoms with Gasteiger partial charge in [0.1, 0.15) is 24.1 Å². The molecule has 2 amide bonds. The lowest BCUT2D eigenvalue weighted by molar-refractivity contribution is -0.140. The maximum Gasteiger partial charge on any atom is 0.264 e. The van der Waals surface area contributed by atoms with E-state index in [0.717, 1.165) is 9.87 Å². The van der Waals surface area contributed by atoms with E-state index in [1.54, 1.807) is 55.6 Å². The Labute approximate surface area is 282 Å². The van der Waals surface area contributed by atoms with E-state index in [1.807, 2.05) is 50.2 Å². The minimum absolute atomic E-state index is 0.00731. The SMILES string of the molecule is CC[C@@H](C)NC(=O)[C@@H](Cc1ccccc1)N(Cc1cccc(OC)c1)C(=O)CN(c1cc(Cl)ccc1OC)S(=O)(=O)c1ccccc1. The Morgan fingerprint density at radius 2 is 1.51 bits per heavy atom. The zero-order chi connectivity index (χ0) is 34.0. The standard InChI is InChI=1S/C36H40ClN3O6S/c1-5-26(2)38-36(42)33(22-27-13-8-6-9-14-27)39(24-28-15-12-16-30(21-28)45-3)35(41)25-40(32-23-29(37)19-20-34(32)46-4)47(43,44)31-17-10-7-11-18-31/h6-21,23,26,33H,5,22,24-25H2,1-4H3,(H,38,42)/t26-,33-/m1/s1. The van der Waals surface area contributed by atoms with Gasteiger partial charge < -0.3 is 19.7 Å². The van der Waals surface area contributed by atoms with E-state index in [4.69, 9.17) is 21.1 Å². The van der Waals surface area contributed by atoms with Crippen LogP contribution < -0.4 is 19.1 Å². The summed E-state index contributed by atoms with van der Waals surface area (Å²) in [5, 5.41) is 3.29. The van der Waals surface area contributed by atoms with Crippen LogP contribution in [-0.2, 0) is 32.6 Å². The van der Waals surface area contributed by atoms with Crippen LogP contribution in [0, 0.1) is 0 Å². The quantitative estimate of drug-likeness (QED) is 0.163. The smallest absolute Gasteiger partial charge is 0.264 e. The maximum absolute atomic E-state index is 14.7. The minimum Gasteiger partial charge on any atom is -0.497 e. The summed E-state index contributed by atoms with van der Waals surface area (Å²) in [5.41, 5.74) is 1.62. The van der Waals surface area contributed by atoms with E-state index in [1.165, 1.54) is 30.2 Å². The molecule has 0 bridgehead atoms. The molecular weight excluding hydrogens is 638 g/mol. The Hall–Kier alpha value is -4.54. The highest BCUT2D eigenvalue weighted by Gasteiger charge is 2.36. The summed E-state index contributed by atoms with van der Waals surface area (Å²) in [6.07, 6.45) is 0.885. The number of halogens is 1. The summed E-state index contributed by atoms with van der Waals surface area (Å²) < 4.78 is 40.4. The third-order valence-corrected chi connectivity index (χ3v) is 9.79. The van der Waals surface area contributed by atoms with Crippen LogP contribution in [0.15, 0.2) is 108 Å². The van der Waals surface area contributed by atoms with Crippen LogP contribution in [0.5, 0.6) is 11.5 Å². The molecule has 0 heterocycles. The van der Waals surface area contributed by atoms with Crippen LogP contribution >= 0.6 is 11.6 Å². The highest BCUT2D eigenvalue weighted by atomic mass is 35.5. The number of nitrogens with one attached hydrogen (secondary N) is 1. The number of rotatable bonds is 15. The van der Waals surface area contributed by atoms with Crippen LogP contribution in [-0.4, -0.2) is 58.0 Å². The molecule has 4 aromatic rings. The molecule has 0 radical (unpaired) electrons. The minimum atomic E-state index is -4.32. The Balaban J connectivity index is 1.86. The first-order valence-corrected chi connectivity index (χ1v) is 17.1. The topological polar surface area (TPSA) is 105 Å². The van der Waals surface area contributed by atoms with Crippen molar-refractivity contribution in [3.63, 3.8) is 0 Å². The van der Waals surface area contributed by atoms with Crippen molar-refractivity contribution >= 4 is 39.1 Å². The number of nitrogens with zero attached hydrogens (tertiary/aromatic N) is 2. The zero-order valence-corrected chi connectivity index (χ0v) is 28.5. The Bertz CT molecular complexity index is 1760. The molecule has 0 fully saturated rings. The van der Waals surface area contributed by atoms with Crippen LogP contribution in [0.1, 0.15) is 31.4 Å². The average Bonchev–Trinajstić information content (AvgIpc) is 3.09. The predicted molar refractivity (Wildman–Crippen MR) is 184 cm³/mol. The second-order valence-electron chi connectivity index (χ2n) is 11.0. The third kappa shape index (κ3) is 9.05. The highest BCUT2D eigenvalue weighted by Crippen LogP contribution is 2.35. The summed E-state index contributed by atoms with van der Waals surface area (Å²) in [4.78, 5) is 30.1. The first-order valence-electron chi connectivity index (χ1n) is 15.2. The molecule has 1 N–H and O–H groups in total. The molecular formula is C36H40ClN3O6S. The van der Waals surface area contributed by atoms with E-state index in [2.05, 4.69) is 5.32 Å². The lowest BCUT2D eigenvalue weighted by Gasteiger charge is -2.34. The van der Waals surface area contributed by atoms with Crippen LogP contribution in [0.25, 0.3) is 0 Å². The second kappa shape index (κ2) is 16.3. The van der Waals surface area contributed by atoms with Gasteiger partial charge in [-0.25, -0.2) is 8.42 Å². The second-order valence-corrected chi connectivity index (χ2v) is 13.3. The van der Waals surface area contributed by atoms with Crippen molar-refractivity contribution in [2.45, 2.75) is 50.2 Å². The molecule has 0 aliphatic rings. The molecule has 248 valence electrons. The molecule has 2 atom stereocenters. The molecule has 0 spiro atoms. The summed E-state index contributed by atoms with van der Waals surface area (Å²) in [6, 6.07) is 27.8. The fourth-order valence-corrected chi connectivity index (χ4v) is 6.66. The average molecular weight is 678 g/mol. The van der Waals surface area contributed by atoms with Gasteiger partial charge >= 0.3 is 0 Å². The van der Waals surface area contributed by atoms with Crippen LogP contribution in [0.4, 0.5) is 5.69 Å². The number of hydrogen-bond donors (Lipinski definition) is 1. The summed E-state index contributed by atoms with van der Waals surface area (Å²) >= 11 is 6.36. The van der Waals surface area contributed by atoms with Crippen LogP contribution in [0.2, 0.25) is 5.02 Å². The van der Waals surface area contributed by atoms with Crippen molar-refractivity contribution in [1.29, 1.82) is 0 Å². The number of carbonyl (C=O) groups is 2. The Kier molecular flexibility index (Phi) is 12.3. The van der Waals surface area contributed by atoms with Crippen molar-refractivity contribution in [3.8, 4) is 11.5 Å². The number of methoxy groups -OCH3 is 2. The molecule has 9 nitrogen and oxygen atoms in total. The largest absolute Gasteiger partial charge is 0.497 e. The number of sulfonamides is 1. The number of benzene rings is 4. The summed E-state index contributed by atoms with van der Waals surface area (Å²) in [7, 11) is -1.36. The number of carbonyl (C=O) groups excluding carboxylic acids is 2. The Morgan fingerprint density at radius 3 is 2.15 bits per heavy atom. The van der Waals surface area contributed by atoms with Gasteiger partial charge in [0, 0.05) is 24.0 Å². The first-order chi connectivity index (χ1) is 22.6. The van der Waals surface area contributed by atoms with Gasteiger partial charge in [0.15, 0.2) is 0 Å². The van der Waals surface area contributed by atoms with Crippen molar-refractivity contribution in [2.24, 2.45) is 0 Å². The number of hydrogen-bond acceptors (Lipinski definition) is 6. The molecule has 0 saturated heterocycles. The van der Waals surface area contributed by atoms with E-state index < -0.39 is 28.5 Å². The molecule has 4 rings (SSSR count). The van der Waals surface area contributed by atoms with E-state index >= 15 is 0 Å². The van der Waals surface area contributed by atoms with Gasteiger partial charge in [-0.1, -0.05) is 79.2 Å². The van der Waals surface area contributed by atoms with Gasteiger partial charge in [-0.15, -0.1) is 0 Å². The molecule has 0 unspecified atom stereocenters. The summed E-state index contributed by atoms with van der Waals surface area (Å²) in [6.45, 7) is 3.22. The molecule has 0 aromatic heterocycles. The maximum atomic E-state index is 14.7. The van der Waals surface area contributed by atoms with Gasteiger partial charge in [0.25, 0.3) is 10.0 Å². The predicted octanol–water partition coefficient (Wildman–Crippen LogP) is 6.11. The Morgan fingerprint density at radius 1 is 0.851 bits per heavy atom. The molecule has 0 saturated carbocycles. The lowest BCUT2D eigenvalue weighted by Crippen LogP contribution is -2.54. The van der Waals surface area contributed by atoms with Crippen molar-refractivity contribution < 1.29 is 27.5 Å². The number of ether oxygens (including phenoxy) is 2. The summed E-state index contributed by atoms with van der Waals surface area (Å²) in [5.74, 6) is -0.168. The first kappa shape index (κ1) is 35.3. The van der Waals surface area contributed by atoms with Gasteiger partial charge in [-0.05, 0) is 66.9 Å². The van der Waals surface area contributed by atoms with Gasteiger partial charge in [0.05, 0.1) is 24.8 Å². The van der Waals surface area contributed by atoms with Crippen molar-refractivity contribution in [1.82, 2.24) is 10.2 Å². The van der Waals surface area contributed by atoms with E-state index in [0.29, 0.717) is 17.7 Å². The van der Waals surface area contributed by atoms with Gasteiger partial charge in [-0.2, -0.15) is 0 Å². The fourth-order valence-electron chi connectivity index (χ4n) is 5.05. The molecule has 4 aromatic carbocycles. The van der Waals surface area contributed by atoms with E-state index in [9.17, 15) is 18.0 Å². The normalized spacial score (nSPS) is 12.4. The monoisotopic (exact) mass is 677 g/mol.